The van der Waals surface area contributed by atoms with Gasteiger partial charge in [0.25, 0.3) is 0 Å². The fourth-order valence-electron chi connectivity index (χ4n) is 2.26. The third-order valence-corrected chi connectivity index (χ3v) is 3.42. The lowest BCUT2D eigenvalue weighted by atomic mass is 9.94. The van der Waals surface area contributed by atoms with Crippen molar-refractivity contribution in [1.29, 1.82) is 0 Å². The quantitative estimate of drug-likeness (QED) is 0.711. The largest absolute Gasteiger partial charge is 0.207 e. The van der Waals surface area contributed by atoms with Crippen molar-refractivity contribution in [2.45, 2.75) is 33.6 Å². The number of hydrogen-bond acceptors (Lipinski definition) is 0. The summed E-state index contributed by atoms with van der Waals surface area (Å²) in [7, 11) is 0. The molecule has 0 atom stereocenters. The molecule has 0 bridgehead atoms. The van der Waals surface area contributed by atoms with Crippen LogP contribution in [0, 0.1) is 25.5 Å². The van der Waals surface area contributed by atoms with Gasteiger partial charge in [-0.2, -0.15) is 0 Å². The van der Waals surface area contributed by atoms with E-state index in [0.29, 0.717) is 23.1 Å². The van der Waals surface area contributed by atoms with E-state index in [2.05, 4.69) is 0 Å². The Morgan fingerprint density at radius 2 is 1.63 bits per heavy atom. The van der Waals surface area contributed by atoms with Crippen LogP contribution in [0.4, 0.5) is 8.78 Å². The predicted octanol–water partition coefficient (Wildman–Crippen LogP) is 5.20. The van der Waals surface area contributed by atoms with Crippen molar-refractivity contribution in [3.8, 4) is 11.1 Å². The lowest BCUT2D eigenvalue weighted by Gasteiger charge is -2.13. The lowest BCUT2D eigenvalue weighted by Crippen LogP contribution is -1.98. The fraction of sp³-hybridized carbons (Fsp3) is 0.294. The van der Waals surface area contributed by atoms with Crippen molar-refractivity contribution in [1.82, 2.24) is 0 Å². The molecular formula is C17H18F2. The van der Waals surface area contributed by atoms with Crippen LogP contribution < -0.4 is 0 Å². The Labute approximate surface area is 113 Å². The topological polar surface area (TPSA) is 0 Å². The predicted molar refractivity (Wildman–Crippen MR) is 75.3 cm³/mol. The van der Waals surface area contributed by atoms with Crippen LogP contribution in [-0.4, -0.2) is 0 Å². The van der Waals surface area contributed by atoms with Gasteiger partial charge in [-0.3, -0.25) is 0 Å². The van der Waals surface area contributed by atoms with E-state index < -0.39 is 0 Å². The van der Waals surface area contributed by atoms with Crippen molar-refractivity contribution in [3.05, 3.63) is 58.7 Å². The molecule has 0 N–H and O–H groups in total. The average molecular weight is 260 g/mol. The first-order chi connectivity index (χ1) is 9.04. The highest BCUT2D eigenvalue weighted by molar-refractivity contribution is 5.68. The second kappa shape index (κ2) is 5.52. The summed E-state index contributed by atoms with van der Waals surface area (Å²) in [6, 6.07) is 8.70. The molecule has 0 saturated carbocycles. The first-order valence-electron chi connectivity index (χ1n) is 6.59. The molecule has 0 fully saturated rings. The van der Waals surface area contributed by atoms with Gasteiger partial charge in [-0.25, -0.2) is 8.78 Å². The second-order valence-corrected chi connectivity index (χ2v) is 4.94. The van der Waals surface area contributed by atoms with Crippen LogP contribution in [0.25, 0.3) is 11.1 Å². The van der Waals surface area contributed by atoms with Crippen LogP contribution in [0.3, 0.4) is 0 Å². The Kier molecular flexibility index (Phi) is 3.98. The minimum absolute atomic E-state index is 0.166. The third kappa shape index (κ3) is 2.67. The Morgan fingerprint density at radius 3 is 2.26 bits per heavy atom. The van der Waals surface area contributed by atoms with Gasteiger partial charge in [0, 0.05) is 0 Å². The molecule has 0 aliphatic heterocycles. The molecule has 2 rings (SSSR count). The van der Waals surface area contributed by atoms with Crippen LogP contribution in [0.2, 0.25) is 0 Å². The van der Waals surface area contributed by atoms with Gasteiger partial charge in [-0.15, -0.1) is 0 Å². The Hall–Kier alpha value is -1.70. The van der Waals surface area contributed by atoms with E-state index in [1.807, 2.05) is 19.1 Å². The van der Waals surface area contributed by atoms with Crippen LogP contribution in [0.5, 0.6) is 0 Å². The van der Waals surface area contributed by atoms with E-state index >= 15 is 0 Å². The van der Waals surface area contributed by atoms with Gasteiger partial charge in [0.05, 0.1) is 0 Å². The number of aryl methyl sites for hydroxylation is 2. The maximum atomic E-state index is 14.2. The standard InChI is InChI=1S/C17H18F2/c1-4-5-15-14(9-7-12(3)17(15)19)13-8-6-11(2)16(18)10-13/h6-10H,4-5H2,1-3H3. The van der Waals surface area contributed by atoms with E-state index in [1.54, 1.807) is 26.0 Å². The molecule has 0 saturated heterocycles. The summed E-state index contributed by atoms with van der Waals surface area (Å²) in [5, 5.41) is 0. The maximum absolute atomic E-state index is 14.2. The zero-order valence-electron chi connectivity index (χ0n) is 11.6. The van der Waals surface area contributed by atoms with Crippen LogP contribution in [-0.2, 0) is 6.42 Å². The Balaban J connectivity index is 2.60. The van der Waals surface area contributed by atoms with E-state index in [9.17, 15) is 8.78 Å². The Morgan fingerprint density at radius 1 is 0.947 bits per heavy atom. The number of rotatable bonds is 3. The molecule has 0 aliphatic rings. The van der Waals surface area contributed by atoms with Gasteiger partial charge in [-0.1, -0.05) is 37.6 Å². The molecule has 0 nitrogen and oxygen atoms in total. The van der Waals surface area contributed by atoms with Crippen LogP contribution in [0.1, 0.15) is 30.0 Å². The number of benzene rings is 2. The molecular weight excluding hydrogens is 242 g/mol. The second-order valence-electron chi connectivity index (χ2n) is 4.94. The van der Waals surface area contributed by atoms with Gasteiger partial charge in [0.1, 0.15) is 11.6 Å². The van der Waals surface area contributed by atoms with Gasteiger partial charge in [-0.05, 0) is 54.2 Å². The van der Waals surface area contributed by atoms with Gasteiger partial charge < -0.3 is 0 Å². The molecule has 2 heteroatoms. The molecule has 100 valence electrons. The fourth-order valence-corrected chi connectivity index (χ4v) is 2.26. The van der Waals surface area contributed by atoms with E-state index in [-0.39, 0.29) is 11.6 Å². The Bertz CT molecular complexity index is 600. The summed E-state index contributed by atoms with van der Waals surface area (Å²) in [6.07, 6.45) is 1.53. The molecule has 0 spiro atoms. The molecule has 0 amide bonds. The summed E-state index contributed by atoms with van der Waals surface area (Å²) in [6.45, 7) is 5.50. The van der Waals surface area contributed by atoms with E-state index in [4.69, 9.17) is 0 Å². The highest BCUT2D eigenvalue weighted by Gasteiger charge is 2.13. The average Bonchev–Trinajstić information content (AvgIpc) is 2.39. The van der Waals surface area contributed by atoms with Crippen molar-refractivity contribution in [3.63, 3.8) is 0 Å². The molecule has 0 aliphatic carbocycles. The van der Waals surface area contributed by atoms with Crippen molar-refractivity contribution < 1.29 is 8.78 Å². The van der Waals surface area contributed by atoms with E-state index in [0.717, 1.165) is 17.5 Å². The molecule has 2 aromatic carbocycles. The summed E-state index contributed by atoms with van der Waals surface area (Å²) < 4.78 is 27.9. The SMILES string of the molecule is CCCc1c(-c2ccc(C)c(F)c2)ccc(C)c1F. The summed E-state index contributed by atoms with van der Waals surface area (Å²) in [5.41, 5.74) is 3.47. The maximum Gasteiger partial charge on any atom is 0.129 e. The minimum atomic E-state index is -0.249. The number of halogens is 2. The van der Waals surface area contributed by atoms with Gasteiger partial charge in [0.15, 0.2) is 0 Å². The molecule has 0 unspecified atom stereocenters. The smallest absolute Gasteiger partial charge is 0.129 e. The lowest BCUT2D eigenvalue weighted by molar-refractivity contribution is 0.599. The molecule has 0 heterocycles. The van der Waals surface area contributed by atoms with Crippen LogP contribution in [0.15, 0.2) is 30.3 Å². The van der Waals surface area contributed by atoms with E-state index in [1.165, 1.54) is 6.07 Å². The van der Waals surface area contributed by atoms with Crippen molar-refractivity contribution in [2.75, 3.05) is 0 Å². The summed E-state index contributed by atoms with van der Waals surface area (Å²) in [4.78, 5) is 0. The summed E-state index contributed by atoms with van der Waals surface area (Å²) in [5.74, 6) is -0.415. The summed E-state index contributed by atoms with van der Waals surface area (Å²) >= 11 is 0. The minimum Gasteiger partial charge on any atom is -0.207 e. The normalized spacial score (nSPS) is 10.8. The molecule has 19 heavy (non-hydrogen) atoms. The third-order valence-electron chi connectivity index (χ3n) is 3.42. The van der Waals surface area contributed by atoms with Crippen molar-refractivity contribution >= 4 is 0 Å². The highest BCUT2D eigenvalue weighted by Crippen LogP contribution is 2.29. The van der Waals surface area contributed by atoms with Gasteiger partial charge in [0.2, 0.25) is 0 Å². The molecule has 0 aromatic heterocycles. The zero-order valence-corrected chi connectivity index (χ0v) is 11.6. The number of hydrogen-bond donors (Lipinski definition) is 0. The van der Waals surface area contributed by atoms with Gasteiger partial charge >= 0.3 is 0 Å². The van der Waals surface area contributed by atoms with Crippen molar-refractivity contribution in [2.24, 2.45) is 0 Å². The first kappa shape index (κ1) is 13.7. The molecule has 0 radical (unpaired) electrons. The van der Waals surface area contributed by atoms with Crippen LogP contribution >= 0.6 is 0 Å². The first-order valence-corrected chi connectivity index (χ1v) is 6.59. The zero-order chi connectivity index (χ0) is 14.0. The highest BCUT2D eigenvalue weighted by atomic mass is 19.1. The molecule has 2 aromatic rings. The monoisotopic (exact) mass is 260 g/mol.